The van der Waals surface area contributed by atoms with Gasteiger partial charge in [0.2, 0.25) is 0 Å². The van der Waals surface area contributed by atoms with Gasteiger partial charge in [-0.05, 0) is 38.1 Å². The first kappa shape index (κ1) is 22.0. The molecule has 10 nitrogen and oxygen atoms in total. The van der Waals surface area contributed by atoms with Crippen molar-refractivity contribution in [1.29, 1.82) is 0 Å². The summed E-state index contributed by atoms with van der Waals surface area (Å²) in [6.07, 6.45) is 3.69. The summed E-state index contributed by atoms with van der Waals surface area (Å²) in [6, 6.07) is 9.36. The molecule has 2 saturated heterocycles. The smallest absolute Gasteiger partial charge is 0.174 e. The largest absolute Gasteiger partial charge is 0.382 e. The molecule has 0 spiro atoms. The second kappa shape index (κ2) is 8.94. The van der Waals surface area contributed by atoms with Gasteiger partial charge in [-0.25, -0.2) is 9.98 Å². The van der Waals surface area contributed by atoms with E-state index in [-0.39, 0.29) is 6.04 Å². The number of nitrogens with one attached hydrogen (secondary N) is 1. The molecule has 1 unspecified atom stereocenters. The fraction of sp³-hybridized carbons (Fsp3) is 0.440. The summed E-state index contributed by atoms with van der Waals surface area (Å²) in [5.74, 6) is 1.96. The molecule has 2 aromatic rings. The molecule has 6 rings (SSSR count). The summed E-state index contributed by atoms with van der Waals surface area (Å²) < 4.78 is 5.35. The number of benzene rings is 1. The van der Waals surface area contributed by atoms with Crippen LogP contribution < -0.4 is 16.0 Å². The molecule has 0 amide bonds. The van der Waals surface area contributed by atoms with Crippen LogP contribution >= 0.6 is 0 Å². The zero-order valence-electron chi connectivity index (χ0n) is 20.2. The Kier molecular flexibility index (Phi) is 5.62. The quantitative estimate of drug-likeness (QED) is 0.692. The fourth-order valence-electron chi connectivity index (χ4n) is 4.82. The number of amidine groups is 2. The number of hydrogen-bond acceptors (Lipinski definition) is 10. The number of piperazine rings is 1. The maximum Gasteiger partial charge on any atom is 0.174 e. The van der Waals surface area contributed by atoms with Crippen molar-refractivity contribution >= 4 is 34.6 Å². The first-order valence-electron chi connectivity index (χ1n) is 12.2. The Labute approximate surface area is 205 Å². The molecule has 182 valence electrons. The van der Waals surface area contributed by atoms with Crippen molar-refractivity contribution in [2.75, 3.05) is 61.9 Å². The summed E-state index contributed by atoms with van der Waals surface area (Å²) >= 11 is 0. The average molecular weight is 474 g/mol. The van der Waals surface area contributed by atoms with Crippen LogP contribution in [0.4, 0.5) is 17.2 Å². The zero-order chi connectivity index (χ0) is 23.9. The highest BCUT2D eigenvalue weighted by molar-refractivity contribution is 6.46. The van der Waals surface area contributed by atoms with Crippen LogP contribution in [0.3, 0.4) is 0 Å². The van der Waals surface area contributed by atoms with Gasteiger partial charge >= 0.3 is 0 Å². The van der Waals surface area contributed by atoms with E-state index in [4.69, 9.17) is 20.5 Å². The van der Waals surface area contributed by atoms with Crippen LogP contribution in [0.25, 0.3) is 5.70 Å². The molecule has 4 aliphatic rings. The number of nitrogens with two attached hydrogens (primary N) is 1. The minimum Gasteiger partial charge on any atom is -0.382 e. The van der Waals surface area contributed by atoms with Crippen molar-refractivity contribution < 1.29 is 4.74 Å². The summed E-state index contributed by atoms with van der Waals surface area (Å²) in [5.41, 5.74) is 10.3. The van der Waals surface area contributed by atoms with Crippen molar-refractivity contribution in [3.05, 3.63) is 48.1 Å². The molecule has 1 atom stereocenters. The second-order valence-electron chi connectivity index (χ2n) is 9.54. The molecule has 10 heteroatoms. The van der Waals surface area contributed by atoms with Crippen LogP contribution in [-0.4, -0.2) is 89.5 Å². The van der Waals surface area contributed by atoms with Crippen LogP contribution in [-0.2, 0) is 4.74 Å². The standard InChI is InChI=1S/C25H31N9O/c1-16-12-34-13-22(21-11-27-17(2)23(26)30-21)31-24(25(34)28-16)29-18-3-5-19(6-4-18)32-7-9-33(10-8-32)20-14-35-15-20/h3-6,11,13,16,20H,7-10,12,14-15H2,1-2H3,(H2,26,30)(H,29,31). The lowest BCUT2D eigenvalue weighted by molar-refractivity contribution is -0.0660. The van der Waals surface area contributed by atoms with Crippen LogP contribution in [0.5, 0.6) is 0 Å². The molecular formula is C25H31N9O. The Morgan fingerprint density at radius 2 is 1.86 bits per heavy atom. The van der Waals surface area contributed by atoms with Crippen LogP contribution in [0, 0.1) is 6.92 Å². The van der Waals surface area contributed by atoms with Crippen molar-refractivity contribution in [3.63, 3.8) is 0 Å². The number of rotatable bonds is 4. The average Bonchev–Trinajstić information content (AvgIpc) is 3.21. The summed E-state index contributed by atoms with van der Waals surface area (Å²) in [7, 11) is 0. The first-order valence-corrected chi connectivity index (χ1v) is 12.2. The predicted molar refractivity (Wildman–Crippen MR) is 139 cm³/mol. The number of ether oxygens (including phenoxy) is 1. The maximum absolute atomic E-state index is 6.01. The van der Waals surface area contributed by atoms with Gasteiger partial charge in [0.15, 0.2) is 11.7 Å². The number of aromatic nitrogens is 2. The normalized spacial score (nSPS) is 22.8. The lowest BCUT2D eigenvalue weighted by Gasteiger charge is -2.43. The minimum atomic E-state index is 0.189. The number of nitrogen functional groups attached to an aromatic ring is 1. The molecule has 0 saturated carbocycles. The van der Waals surface area contributed by atoms with Gasteiger partial charge in [-0.1, -0.05) is 0 Å². The van der Waals surface area contributed by atoms with E-state index in [1.165, 1.54) is 5.69 Å². The Morgan fingerprint density at radius 1 is 1.09 bits per heavy atom. The van der Waals surface area contributed by atoms with E-state index < -0.39 is 0 Å². The van der Waals surface area contributed by atoms with E-state index in [1.54, 1.807) is 6.20 Å². The van der Waals surface area contributed by atoms with Gasteiger partial charge in [-0.2, -0.15) is 0 Å². The number of aliphatic imine (C=N–C) groups is 2. The zero-order valence-corrected chi connectivity index (χ0v) is 20.2. The maximum atomic E-state index is 6.01. The molecule has 1 aromatic carbocycles. The van der Waals surface area contributed by atoms with Gasteiger partial charge in [0, 0.05) is 50.3 Å². The molecule has 2 fully saturated rings. The van der Waals surface area contributed by atoms with Gasteiger partial charge in [0.05, 0.1) is 37.2 Å². The summed E-state index contributed by atoms with van der Waals surface area (Å²) in [4.78, 5) is 25.6. The van der Waals surface area contributed by atoms with E-state index in [2.05, 4.69) is 61.2 Å². The fourth-order valence-corrected chi connectivity index (χ4v) is 4.82. The molecule has 0 radical (unpaired) electrons. The van der Waals surface area contributed by atoms with Gasteiger partial charge in [0.1, 0.15) is 17.2 Å². The topological polar surface area (TPSA) is 108 Å². The molecule has 35 heavy (non-hydrogen) atoms. The minimum absolute atomic E-state index is 0.189. The monoisotopic (exact) mass is 473 g/mol. The predicted octanol–water partition coefficient (Wildman–Crippen LogP) is 1.81. The van der Waals surface area contributed by atoms with Crippen LogP contribution in [0.15, 0.2) is 46.6 Å². The van der Waals surface area contributed by atoms with E-state index in [0.717, 1.165) is 57.5 Å². The van der Waals surface area contributed by atoms with Crippen molar-refractivity contribution in [2.24, 2.45) is 9.98 Å². The highest BCUT2D eigenvalue weighted by atomic mass is 16.5. The van der Waals surface area contributed by atoms with Gasteiger partial charge in [-0.15, -0.1) is 0 Å². The van der Waals surface area contributed by atoms with E-state index in [1.807, 2.05) is 13.1 Å². The summed E-state index contributed by atoms with van der Waals surface area (Å²) in [6.45, 7) is 10.7. The molecule has 1 aromatic heterocycles. The molecule has 5 heterocycles. The number of aryl methyl sites for hydroxylation is 1. The third-order valence-corrected chi connectivity index (χ3v) is 7.00. The van der Waals surface area contributed by atoms with E-state index >= 15 is 0 Å². The van der Waals surface area contributed by atoms with Gasteiger partial charge in [-0.3, -0.25) is 14.9 Å². The Bertz CT molecular complexity index is 1190. The second-order valence-corrected chi connectivity index (χ2v) is 9.54. The third-order valence-electron chi connectivity index (χ3n) is 7.00. The SMILES string of the molecule is Cc1ncc(C2=CN3CC(C)N=C3C(Nc3ccc(N4CCN(C5COC5)CC4)cc3)=N2)nc1N. The molecule has 0 aliphatic carbocycles. The Balaban J connectivity index is 1.18. The molecule has 3 N–H and O–H groups in total. The lowest BCUT2D eigenvalue weighted by Crippen LogP contribution is -2.56. The Morgan fingerprint density at radius 3 is 2.54 bits per heavy atom. The summed E-state index contributed by atoms with van der Waals surface area (Å²) in [5, 5.41) is 3.48. The number of fused-ring (bicyclic) bond motifs is 1. The van der Waals surface area contributed by atoms with Gasteiger partial charge in [0.25, 0.3) is 0 Å². The van der Waals surface area contributed by atoms with Crippen molar-refractivity contribution in [3.8, 4) is 0 Å². The highest BCUT2D eigenvalue weighted by Crippen LogP contribution is 2.26. The number of hydrogen-bond donors (Lipinski definition) is 2. The number of nitrogens with zero attached hydrogens (tertiary/aromatic N) is 7. The third kappa shape index (κ3) is 4.35. The lowest BCUT2D eigenvalue weighted by atomic mass is 10.1. The van der Waals surface area contributed by atoms with E-state index in [9.17, 15) is 0 Å². The van der Waals surface area contributed by atoms with Crippen LogP contribution in [0.1, 0.15) is 18.3 Å². The number of anilines is 3. The van der Waals surface area contributed by atoms with Crippen LogP contribution in [0.2, 0.25) is 0 Å². The van der Waals surface area contributed by atoms with Crippen molar-refractivity contribution in [2.45, 2.75) is 25.9 Å². The molecular weight excluding hydrogens is 442 g/mol. The van der Waals surface area contributed by atoms with Crippen molar-refractivity contribution in [1.82, 2.24) is 19.8 Å². The Hall–Kier alpha value is -3.50. The van der Waals surface area contributed by atoms with Gasteiger partial charge < -0.3 is 25.6 Å². The molecule has 0 bridgehead atoms. The van der Waals surface area contributed by atoms with E-state index in [0.29, 0.717) is 34.8 Å². The highest BCUT2D eigenvalue weighted by Gasteiger charge is 2.30. The first-order chi connectivity index (χ1) is 17.0. The molecule has 4 aliphatic heterocycles.